The van der Waals surface area contributed by atoms with Gasteiger partial charge in [-0.05, 0) is 24.3 Å². The smallest absolute Gasteiger partial charge is 0.160 e. The lowest BCUT2D eigenvalue weighted by Crippen LogP contribution is -2.11. The summed E-state index contributed by atoms with van der Waals surface area (Å²) in [5.41, 5.74) is 1.70. The number of ether oxygens (including phenoxy) is 1. The molecule has 3 rings (SSSR count). The summed E-state index contributed by atoms with van der Waals surface area (Å²) in [5, 5.41) is 10.9. The van der Waals surface area contributed by atoms with Gasteiger partial charge < -0.3 is 14.7 Å². The van der Waals surface area contributed by atoms with Crippen molar-refractivity contribution >= 4 is 22.4 Å². The van der Waals surface area contributed by atoms with E-state index in [2.05, 4.69) is 9.97 Å². The molecule has 0 fully saturated rings. The van der Waals surface area contributed by atoms with Crippen molar-refractivity contribution in [2.45, 2.75) is 0 Å². The van der Waals surface area contributed by atoms with Gasteiger partial charge >= 0.3 is 0 Å². The predicted octanol–water partition coefficient (Wildman–Crippen LogP) is 3.11. The van der Waals surface area contributed by atoms with Gasteiger partial charge in [-0.1, -0.05) is 12.1 Å². The molecular weight excluding hydrogens is 266 g/mol. The van der Waals surface area contributed by atoms with Crippen LogP contribution in [0.15, 0.2) is 48.8 Å². The summed E-state index contributed by atoms with van der Waals surface area (Å²) in [6.45, 7) is 0. The molecule has 0 aliphatic heterocycles. The van der Waals surface area contributed by atoms with Crippen LogP contribution in [0.5, 0.6) is 11.5 Å². The molecule has 106 valence electrons. The van der Waals surface area contributed by atoms with E-state index >= 15 is 0 Å². The van der Waals surface area contributed by atoms with E-state index < -0.39 is 0 Å². The Morgan fingerprint density at radius 1 is 1.10 bits per heavy atom. The average Bonchev–Trinajstić information content (AvgIpc) is 2.53. The molecule has 0 unspecified atom stereocenters. The molecule has 0 radical (unpaired) electrons. The van der Waals surface area contributed by atoms with Gasteiger partial charge in [0.25, 0.3) is 0 Å². The van der Waals surface area contributed by atoms with Crippen molar-refractivity contribution in [2.24, 2.45) is 0 Å². The van der Waals surface area contributed by atoms with E-state index in [1.807, 2.05) is 42.3 Å². The quantitative estimate of drug-likeness (QED) is 0.799. The van der Waals surface area contributed by atoms with Crippen LogP contribution in [0.3, 0.4) is 0 Å². The van der Waals surface area contributed by atoms with Crippen molar-refractivity contribution in [3.63, 3.8) is 0 Å². The van der Waals surface area contributed by atoms with Crippen LogP contribution >= 0.6 is 0 Å². The molecule has 5 nitrogen and oxygen atoms in total. The fraction of sp³-hybridized carbons (Fsp3) is 0.125. The van der Waals surface area contributed by atoms with E-state index in [0.29, 0.717) is 5.75 Å². The molecule has 0 saturated heterocycles. The second kappa shape index (κ2) is 5.28. The maximum atomic E-state index is 9.92. The molecule has 0 saturated carbocycles. The molecule has 1 N–H and O–H groups in total. The number of methoxy groups -OCH3 is 1. The third-order valence-corrected chi connectivity index (χ3v) is 3.39. The highest BCUT2D eigenvalue weighted by molar-refractivity contribution is 5.91. The van der Waals surface area contributed by atoms with Crippen molar-refractivity contribution in [2.75, 3.05) is 19.1 Å². The number of phenols is 1. The van der Waals surface area contributed by atoms with Crippen LogP contribution in [0.2, 0.25) is 0 Å². The van der Waals surface area contributed by atoms with Crippen molar-refractivity contribution in [3.05, 3.63) is 48.8 Å². The van der Waals surface area contributed by atoms with Crippen molar-refractivity contribution in [3.8, 4) is 11.5 Å². The Morgan fingerprint density at radius 2 is 1.90 bits per heavy atom. The number of phenolic OH excluding ortho intramolecular Hbond substituents is 1. The second-order valence-electron chi connectivity index (χ2n) is 4.63. The molecule has 3 aromatic rings. The number of aromatic hydroxyl groups is 1. The molecule has 21 heavy (non-hydrogen) atoms. The van der Waals surface area contributed by atoms with Gasteiger partial charge in [0, 0.05) is 24.2 Å². The minimum Gasteiger partial charge on any atom is -0.504 e. The van der Waals surface area contributed by atoms with Crippen LogP contribution in [-0.4, -0.2) is 29.2 Å². The lowest BCUT2D eigenvalue weighted by Gasteiger charge is -2.20. The van der Waals surface area contributed by atoms with Gasteiger partial charge in [0.1, 0.15) is 12.1 Å². The number of para-hydroxylation sites is 1. The van der Waals surface area contributed by atoms with Gasteiger partial charge in [-0.2, -0.15) is 0 Å². The Morgan fingerprint density at radius 3 is 2.67 bits per heavy atom. The summed E-state index contributed by atoms with van der Waals surface area (Å²) in [7, 11) is 3.42. The number of anilines is 2. The van der Waals surface area contributed by atoms with Crippen LogP contribution in [0.25, 0.3) is 10.9 Å². The summed E-state index contributed by atoms with van der Waals surface area (Å²) in [6, 6.07) is 13.1. The van der Waals surface area contributed by atoms with E-state index in [0.717, 1.165) is 22.4 Å². The largest absolute Gasteiger partial charge is 0.504 e. The zero-order valence-electron chi connectivity index (χ0n) is 11.8. The van der Waals surface area contributed by atoms with E-state index in [9.17, 15) is 5.11 Å². The van der Waals surface area contributed by atoms with Crippen LogP contribution in [0.4, 0.5) is 11.5 Å². The van der Waals surface area contributed by atoms with E-state index in [1.165, 1.54) is 13.4 Å². The Labute approximate surface area is 122 Å². The van der Waals surface area contributed by atoms with Crippen LogP contribution < -0.4 is 9.64 Å². The Bertz CT molecular complexity index is 784. The van der Waals surface area contributed by atoms with Gasteiger partial charge in [0.2, 0.25) is 0 Å². The molecule has 1 aromatic heterocycles. The fourth-order valence-electron chi connectivity index (χ4n) is 2.27. The Balaban J connectivity index is 2.08. The highest BCUT2D eigenvalue weighted by atomic mass is 16.5. The number of rotatable bonds is 3. The highest BCUT2D eigenvalue weighted by Crippen LogP contribution is 2.34. The zero-order valence-corrected chi connectivity index (χ0v) is 11.8. The summed E-state index contributed by atoms with van der Waals surface area (Å²) < 4.78 is 5.06. The molecule has 0 aliphatic rings. The van der Waals surface area contributed by atoms with Gasteiger partial charge in [-0.15, -0.1) is 0 Å². The lowest BCUT2D eigenvalue weighted by atomic mass is 10.2. The summed E-state index contributed by atoms with van der Waals surface area (Å²) in [6.07, 6.45) is 1.54. The Kier molecular flexibility index (Phi) is 3.31. The van der Waals surface area contributed by atoms with E-state index in [-0.39, 0.29) is 5.75 Å². The first-order valence-corrected chi connectivity index (χ1v) is 6.51. The second-order valence-corrected chi connectivity index (χ2v) is 4.63. The number of hydrogen-bond acceptors (Lipinski definition) is 5. The number of fused-ring (bicyclic) bond motifs is 1. The molecular formula is C16H15N3O2. The minimum atomic E-state index is 0.0974. The van der Waals surface area contributed by atoms with E-state index in [1.54, 1.807) is 12.1 Å². The lowest BCUT2D eigenvalue weighted by molar-refractivity contribution is 0.373. The molecule has 1 heterocycles. The average molecular weight is 281 g/mol. The number of aromatic nitrogens is 2. The third kappa shape index (κ3) is 2.33. The van der Waals surface area contributed by atoms with Crippen LogP contribution in [0, 0.1) is 0 Å². The van der Waals surface area contributed by atoms with Crippen molar-refractivity contribution in [1.29, 1.82) is 0 Å². The van der Waals surface area contributed by atoms with Gasteiger partial charge in [-0.25, -0.2) is 9.97 Å². The standard InChI is InChI=1S/C16H15N3O2/c1-19(11-7-8-15(21-2)14(20)9-11)16-12-5-3-4-6-13(12)17-10-18-16/h3-10,20H,1-2H3. The number of nitrogens with zero attached hydrogens (tertiary/aromatic N) is 3. The number of hydrogen-bond donors (Lipinski definition) is 1. The monoisotopic (exact) mass is 281 g/mol. The number of benzene rings is 2. The van der Waals surface area contributed by atoms with E-state index in [4.69, 9.17) is 4.74 Å². The minimum absolute atomic E-state index is 0.0974. The van der Waals surface area contributed by atoms with Crippen molar-refractivity contribution < 1.29 is 9.84 Å². The molecule has 0 atom stereocenters. The third-order valence-electron chi connectivity index (χ3n) is 3.39. The summed E-state index contributed by atoms with van der Waals surface area (Å²) in [5.74, 6) is 1.32. The molecule has 5 heteroatoms. The summed E-state index contributed by atoms with van der Waals surface area (Å²) in [4.78, 5) is 10.5. The predicted molar refractivity (Wildman–Crippen MR) is 82.3 cm³/mol. The van der Waals surface area contributed by atoms with Crippen LogP contribution in [-0.2, 0) is 0 Å². The first kappa shape index (κ1) is 13.2. The molecule has 0 bridgehead atoms. The molecule has 0 aliphatic carbocycles. The van der Waals surface area contributed by atoms with Gasteiger partial charge in [-0.3, -0.25) is 0 Å². The van der Waals surface area contributed by atoms with Crippen LogP contribution in [0.1, 0.15) is 0 Å². The maximum absolute atomic E-state index is 9.92. The first-order chi connectivity index (χ1) is 10.2. The van der Waals surface area contributed by atoms with Gasteiger partial charge in [0.15, 0.2) is 11.5 Å². The highest BCUT2D eigenvalue weighted by Gasteiger charge is 2.12. The molecule has 2 aromatic carbocycles. The maximum Gasteiger partial charge on any atom is 0.160 e. The first-order valence-electron chi connectivity index (χ1n) is 6.51. The zero-order chi connectivity index (χ0) is 14.8. The van der Waals surface area contributed by atoms with Gasteiger partial charge in [0.05, 0.1) is 12.6 Å². The molecule has 0 amide bonds. The SMILES string of the molecule is COc1ccc(N(C)c2ncnc3ccccc23)cc1O. The molecule has 0 spiro atoms. The topological polar surface area (TPSA) is 58.5 Å². The fourth-order valence-corrected chi connectivity index (χ4v) is 2.27. The normalized spacial score (nSPS) is 10.6. The van der Waals surface area contributed by atoms with Crippen molar-refractivity contribution in [1.82, 2.24) is 9.97 Å². The summed E-state index contributed by atoms with van der Waals surface area (Å²) >= 11 is 0. The Hall–Kier alpha value is -2.82.